The van der Waals surface area contributed by atoms with Crippen molar-refractivity contribution in [2.75, 3.05) is 13.1 Å². The van der Waals surface area contributed by atoms with Gasteiger partial charge in [-0.1, -0.05) is 58.7 Å². The van der Waals surface area contributed by atoms with Crippen LogP contribution < -0.4 is 5.32 Å². The van der Waals surface area contributed by atoms with E-state index in [2.05, 4.69) is 38.0 Å². The van der Waals surface area contributed by atoms with Crippen molar-refractivity contribution < 1.29 is 0 Å². The Hall–Kier alpha value is -0.180. The van der Waals surface area contributed by atoms with E-state index >= 15 is 0 Å². The minimum Gasteiger partial charge on any atom is -0.365 e. The van der Waals surface area contributed by atoms with Gasteiger partial charge in [0.25, 0.3) is 0 Å². The van der Waals surface area contributed by atoms with E-state index in [-0.39, 0.29) is 0 Å². The SMILES string of the molecule is CC1CCCCC1CNC1=NCC(CC(C)(C)C)S1. The average molecular weight is 282 g/mol. The van der Waals surface area contributed by atoms with E-state index in [1.807, 2.05) is 11.8 Å². The van der Waals surface area contributed by atoms with Crippen LogP contribution in [0, 0.1) is 17.3 Å². The summed E-state index contributed by atoms with van der Waals surface area (Å²) in [6.45, 7) is 11.5. The summed E-state index contributed by atoms with van der Waals surface area (Å²) in [5.41, 5.74) is 0.417. The van der Waals surface area contributed by atoms with Gasteiger partial charge in [-0.25, -0.2) is 0 Å². The minimum absolute atomic E-state index is 0.417. The lowest BCUT2D eigenvalue weighted by molar-refractivity contribution is 0.257. The predicted octanol–water partition coefficient (Wildman–Crippen LogP) is 4.31. The highest BCUT2D eigenvalue weighted by Crippen LogP contribution is 2.32. The number of nitrogens with zero attached hydrogens (tertiary/aromatic N) is 1. The maximum absolute atomic E-state index is 4.68. The Labute approximate surface area is 123 Å². The van der Waals surface area contributed by atoms with Crippen molar-refractivity contribution in [3.63, 3.8) is 0 Å². The number of hydrogen-bond acceptors (Lipinski definition) is 3. The summed E-state index contributed by atoms with van der Waals surface area (Å²) in [5.74, 6) is 1.75. The zero-order valence-electron chi connectivity index (χ0n) is 13.0. The number of aliphatic imine (C=N–C) groups is 1. The van der Waals surface area contributed by atoms with Crippen molar-refractivity contribution in [2.45, 2.75) is 65.0 Å². The van der Waals surface area contributed by atoms with Crippen molar-refractivity contribution in [3.8, 4) is 0 Å². The summed E-state index contributed by atoms with van der Waals surface area (Å²) in [7, 11) is 0. The van der Waals surface area contributed by atoms with E-state index in [1.54, 1.807) is 0 Å². The van der Waals surface area contributed by atoms with Gasteiger partial charge >= 0.3 is 0 Å². The van der Waals surface area contributed by atoms with Crippen molar-refractivity contribution in [1.82, 2.24) is 5.32 Å². The molecule has 0 aromatic heterocycles. The lowest BCUT2D eigenvalue weighted by Crippen LogP contribution is -2.31. The molecule has 2 nitrogen and oxygen atoms in total. The molecule has 0 bridgehead atoms. The Morgan fingerprint density at radius 2 is 2.00 bits per heavy atom. The minimum atomic E-state index is 0.417. The van der Waals surface area contributed by atoms with Gasteiger partial charge in [0, 0.05) is 11.8 Å². The molecule has 0 spiro atoms. The van der Waals surface area contributed by atoms with Crippen LogP contribution in [0.3, 0.4) is 0 Å². The van der Waals surface area contributed by atoms with Crippen LogP contribution >= 0.6 is 11.8 Å². The summed E-state index contributed by atoms with van der Waals surface area (Å²) < 4.78 is 0. The molecule has 0 aromatic carbocycles. The highest BCUT2D eigenvalue weighted by molar-refractivity contribution is 8.14. The molecule has 1 aliphatic heterocycles. The fourth-order valence-corrected chi connectivity index (χ4v) is 4.58. The molecule has 3 unspecified atom stereocenters. The monoisotopic (exact) mass is 282 g/mol. The van der Waals surface area contributed by atoms with Crippen LogP contribution in [-0.4, -0.2) is 23.5 Å². The molecule has 3 heteroatoms. The summed E-state index contributed by atoms with van der Waals surface area (Å²) in [6.07, 6.45) is 6.92. The van der Waals surface area contributed by atoms with Crippen molar-refractivity contribution >= 4 is 16.9 Å². The van der Waals surface area contributed by atoms with Crippen LogP contribution in [0.1, 0.15) is 59.8 Å². The predicted molar refractivity (Wildman–Crippen MR) is 86.9 cm³/mol. The highest BCUT2D eigenvalue weighted by atomic mass is 32.2. The maximum atomic E-state index is 4.68. The van der Waals surface area contributed by atoms with Gasteiger partial charge in [-0.05, 0) is 30.1 Å². The molecule has 0 aromatic rings. The van der Waals surface area contributed by atoms with Crippen LogP contribution in [0.4, 0.5) is 0 Å². The summed E-state index contributed by atoms with van der Waals surface area (Å²) in [5, 5.41) is 5.50. The van der Waals surface area contributed by atoms with E-state index in [0.29, 0.717) is 10.7 Å². The van der Waals surface area contributed by atoms with Crippen LogP contribution in [0.25, 0.3) is 0 Å². The Morgan fingerprint density at radius 3 is 2.68 bits per heavy atom. The molecule has 19 heavy (non-hydrogen) atoms. The molecule has 1 aliphatic carbocycles. The van der Waals surface area contributed by atoms with Gasteiger partial charge in [0.2, 0.25) is 0 Å². The second-order valence-corrected chi connectivity index (χ2v) is 8.84. The topological polar surface area (TPSA) is 24.4 Å². The summed E-state index contributed by atoms with van der Waals surface area (Å²) in [4.78, 5) is 4.68. The van der Waals surface area contributed by atoms with Gasteiger partial charge in [-0.3, -0.25) is 4.99 Å². The molecule has 0 amide bonds. The van der Waals surface area contributed by atoms with Crippen LogP contribution in [-0.2, 0) is 0 Å². The summed E-state index contributed by atoms with van der Waals surface area (Å²) >= 11 is 1.97. The van der Waals surface area contributed by atoms with Crippen molar-refractivity contribution in [1.29, 1.82) is 0 Å². The van der Waals surface area contributed by atoms with Crippen molar-refractivity contribution in [3.05, 3.63) is 0 Å². The Kier molecular flexibility index (Phi) is 5.22. The van der Waals surface area contributed by atoms with Crippen LogP contribution in [0.5, 0.6) is 0 Å². The van der Waals surface area contributed by atoms with Crippen LogP contribution in [0.15, 0.2) is 4.99 Å². The van der Waals surface area contributed by atoms with Gasteiger partial charge < -0.3 is 5.32 Å². The van der Waals surface area contributed by atoms with E-state index in [1.165, 1.54) is 37.3 Å². The van der Waals surface area contributed by atoms with Crippen molar-refractivity contribution in [2.24, 2.45) is 22.2 Å². The van der Waals surface area contributed by atoms with Gasteiger partial charge in [-0.2, -0.15) is 0 Å². The largest absolute Gasteiger partial charge is 0.365 e. The molecular weight excluding hydrogens is 252 g/mol. The van der Waals surface area contributed by atoms with E-state index in [0.717, 1.165) is 24.9 Å². The average Bonchev–Trinajstić information content (AvgIpc) is 2.73. The molecule has 1 N–H and O–H groups in total. The van der Waals surface area contributed by atoms with Gasteiger partial charge in [0.1, 0.15) is 0 Å². The third-order valence-electron chi connectivity index (χ3n) is 4.36. The number of amidine groups is 1. The zero-order chi connectivity index (χ0) is 13.9. The van der Waals surface area contributed by atoms with E-state index in [9.17, 15) is 0 Å². The Balaban J connectivity index is 1.70. The van der Waals surface area contributed by atoms with Crippen LogP contribution in [0.2, 0.25) is 0 Å². The highest BCUT2D eigenvalue weighted by Gasteiger charge is 2.26. The van der Waals surface area contributed by atoms with E-state index < -0.39 is 0 Å². The Bertz CT molecular complexity index is 319. The normalized spacial score (nSPS) is 32.2. The second kappa shape index (κ2) is 6.51. The quantitative estimate of drug-likeness (QED) is 0.834. The zero-order valence-corrected chi connectivity index (χ0v) is 13.9. The number of thioether (sulfide) groups is 1. The number of hydrogen-bond donors (Lipinski definition) is 1. The third-order valence-corrected chi connectivity index (χ3v) is 5.51. The molecule has 2 aliphatic rings. The molecule has 2 rings (SSSR count). The first kappa shape index (κ1) is 15.2. The van der Waals surface area contributed by atoms with E-state index in [4.69, 9.17) is 0 Å². The second-order valence-electron chi connectivity index (χ2n) is 7.55. The molecule has 1 fully saturated rings. The van der Waals surface area contributed by atoms with Gasteiger partial charge in [-0.15, -0.1) is 0 Å². The first-order valence-electron chi connectivity index (χ1n) is 7.89. The lowest BCUT2D eigenvalue weighted by atomic mass is 9.80. The molecule has 110 valence electrons. The number of nitrogens with one attached hydrogen (secondary N) is 1. The summed E-state index contributed by atoms with van der Waals surface area (Å²) in [6, 6.07) is 0. The number of rotatable bonds is 3. The molecular formula is C16H30N2S. The fraction of sp³-hybridized carbons (Fsp3) is 0.938. The molecule has 1 saturated carbocycles. The maximum Gasteiger partial charge on any atom is 0.156 e. The molecule has 1 heterocycles. The molecule has 0 saturated heterocycles. The van der Waals surface area contributed by atoms with Gasteiger partial charge in [0.15, 0.2) is 5.17 Å². The first-order valence-corrected chi connectivity index (χ1v) is 8.77. The van der Waals surface area contributed by atoms with Gasteiger partial charge in [0.05, 0.1) is 6.54 Å². The lowest BCUT2D eigenvalue weighted by Gasteiger charge is -2.29. The third kappa shape index (κ3) is 5.02. The first-order chi connectivity index (χ1) is 8.94. The fourth-order valence-electron chi connectivity index (χ4n) is 3.22. The Morgan fingerprint density at radius 1 is 1.26 bits per heavy atom. The standard InChI is InChI=1S/C16H30N2S/c1-12-7-5-6-8-13(12)10-17-15-18-11-14(19-15)9-16(2,3)4/h12-14H,5-11H2,1-4H3,(H,17,18). The smallest absolute Gasteiger partial charge is 0.156 e. The molecule has 3 atom stereocenters. The molecule has 0 radical (unpaired) electrons.